The van der Waals surface area contributed by atoms with Crippen molar-refractivity contribution in [2.24, 2.45) is 5.92 Å². The highest BCUT2D eigenvalue weighted by atomic mass is 16.5. The summed E-state index contributed by atoms with van der Waals surface area (Å²) in [6, 6.07) is 9.91. The summed E-state index contributed by atoms with van der Waals surface area (Å²) in [6.45, 7) is 5.20. The molecule has 2 aliphatic heterocycles. The molecule has 1 atom stereocenters. The lowest BCUT2D eigenvalue weighted by molar-refractivity contribution is -0.135. The van der Waals surface area contributed by atoms with E-state index in [1.54, 1.807) is 7.11 Å². The van der Waals surface area contributed by atoms with Crippen LogP contribution < -0.4 is 5.32 Å². The molecule has 1 N–H and O–H groups in total. The van der Waals surface area contributed by atoms with Crippen molar-refractivity contribution < 1.29 is 19.1 Å². The molecule has 3 rings (SSSR count). The van der Waals surface area contributed by atoms with Crippen molar-refractivity contribution in [3.63, 3.8) is 0 Å². The molecule has 1 unspecified atom stereocenters. The number of carbonyl (C=O) groups is 2. The summed E-state index contributed by atoms with van der Waals surface area (Å²) >= 11 is 0. The van der Waals surface area contributed by atoms with Gasteiger partial charge in [0.05, 0.1) is 5.92 Å². The Bertz CT molecular complexity index is 665. The van der Waals surface area contributed by atoms with E-state index < -0.39 is 0 Å². The van der Waals surface area contributed by atoms with Crippen LogP contribution in [0.15, 0.2) is 30.3 Å². The van der Waals surface area contributed by atoms with E-state index in [0.29, 0.717) is 32.9 Å². The molecule has 0 bridgehead atoms. The van der Waals surface area contributed by atoms with Crippen LogP contribution in [0.5, 0.6) is 0 Å². The fourth-order valence-corrected chi connectivity index (χ4v) is 4.37. The smallest absolute Gasteiger partial charge is 0.229 e. The standard InChI is InChI=1S/C23H34N2O4/c1-18(19-6-4-3-5-7-19)22(27)25-13-10-23(11-14-25,12-17-28-2)24-21(26)20-8-15-29-16-9-20/h3-7,18,20H,8-17H2,1-2H3,(H,24,26). The minimum absolute atomic E-state index is 0.0286. The maximum absolute atomic E-state index is 13.0. The molecule has 2 saturated heterocycles. The fraction of sp³-hybridized carbons (Fsp3) is 0.652. The number of nitrogens with one attached hydrogen (secondary N) is 1. The largest absolute Gasteiger partial charge is 0.385 e. The Balaban J connectivity index is 1.61. The highest BCUT2D eigenvalue weighted by Crippen LogP contribution is 2.29. The lowest BCUT2D eigenvalue weighted by Crippen LogP contribution is -2.58. The van der Waals surface area contributed by atoms with Gasteiger partial charge >= 0.3 is 0 Å². The van der Waals surface area contributed by atoms with E-state index in [-0.39, 0.29) is 29.2 Å². The zero-order valence-corrected chi connectivity index (χ0v) is 17.7. The molecule has 0 spiro atoms. The van der Waals surface area contributed by atoms with Gasteiger partial charge in [0.15, 0.2) is 0 Å². The predicted octanol–water partition coefficient (Wildman–Crippen LogP) is 2.73. The third kappa shape index (κ3) is 5.58. The average molecular weight is 403 g/mol. The molecule has 0 aromatic heterocycles. The Hall–Kier alpha value is -1.92. The number of nitrogens with zero attached hydrogens (tertiary/aromatic N) is 1. The zero-order chi connectivity index (χ0) is 20.7. The van der Waals surface area contributed by atoms with E-state index in [9.17, 15) is 9.59 Å². The molecule has 1 aromatic carbocycles. The average Bonchev–Trinajstić information content (AvgIpc) is 2.78. The monoisotopic (exact) mass is 402 g/mol. The highest BCUT2D eigenvalue weighted by molar-refractivity contribution is 5.83. The second kappa shape index (κ2) is 10.2. The van der Waals surface area contributed by atoms with Crippen molar-refractivity contribution in [3.05, 3.63) is 35.9 Å². The Morgan fingerprint density at radius 1 is 1.21 bits per heavy atom. The molecule has 2 fully saturated rings. The van der Waals surface area contributed by atoms with Crippen LogP contribution in [0.25, 0.3) is 0 Å². The van der Waals surface area contributed by atoms with Gasteiger partial charge in [0.2, 0.25) is 11.8 Å². The van der Waals surface area contributed by atoms with Crippen LogP contribution >= 0.6 is 0 Å². The molecular weight excluding hydrogens is 368 g/mol. The zero-order valence-electron chi connectivity index (χ0n) is 17.7. The normalized spacial score (nSPS) is 20.8. The number of piperidine rings is 1. The molecule has 1 aromatic rings. The van der Waals surface area contributed by atoms with E-state index in [0.717, 1.165) is 37.7 Å². The van der Waals surface area contributed by atoms with Gasteiger partial charge in [-0.15, -0.1) is 0 Å². The van der Waals surface area contributed by atoms with Gasteiger partial charge < -0.3 is 19.7 Å². The second-order valence-electron chi connectivity index (χ2n) is 8.36. The summed E-state index contributed by atoms with van der Waals surface area (Å²) in [7, 11) is 1.69. The molecule has 6 nitrogen and oxygen atoms in total. The van der Waals surface area contributed by atoms with Crippen LogP contribution in [0, 0.1) is 5.92 Å². The number of hydrogen-bond donors (Lipinski definition) is 1. The number of benzene rings is 1. The topological polar surface area (TPSA) is 67.9 Å². The van der Waals surface area contributed by atoms with Gasteiger partial charge in [0, 0.05) is 51.5 Å². The summed E-state index contributed by atoms with van der Waals surface area (Å²) in [5.41, 5.74) is 0.750. The first-order valence-corrected chi connectivity index (χ1v) is 10.8. The quantitative estimate of drug-likeness (QED) is 0.762. The van der Waals surface area contributed by atoms with E-state index in [1.807, 2.05) is 42.2 Å². The number of rotatable bonds is 7. The van der Waals surface area contributed by atoms with E-state index in [4.69, 9.17) is 9.47 Å². The molecule has 2 heterocycles. The summed E-state index contributed by atoms with van der Waals surface area (Å²) in [5, 5.41) is 3.34. The fourth-order valence-electron chi connectivity index (χ4n) is 4.37. The minimum atomic E-state index is -0.293. The summed E-state index contributed by atoms with van der Waals surface area (Å²) < 4.78 is 10.7. The number of amides is 2. The number of methoxy groups -OCH3 is 1. The summed E-state index contributed by atoms with van der Waals surface area (Å²) in [5.74, 6) is 0.162. The van der Waals surface area contributed by atoms with Gasteiger partial charge in [-0.25, -0.2) is 0 Å². The van der Waals surface area contributed by atoms with Gasteiger partial charge in [-0.1, -0.05) is 30.3 Å². The van der Waals surface area contributed by atoms with Gasteiger partial charge in [-0.3, -0.25) is 9.59 Å². The Labute approximate surface area is 173 Å². The van der Waals surface area contributed by atoms with Gasteiger partial charge in [-0.05, 0) is 44.6 Å². The van der Waals surface area contributed by atoms with Crippen LogP contribution in [0.4, 0.5) is 0 Å². The van der Waals surface area contributed by atoms with Crippen molar-refractivity contribution in [2.45, 2.75) is 50.5 Å². The first-order valence-electron chi connectivity index (χ1n) is 10.8. The van der Waals surface area contributed by atoms with E-state index in [2.05, 4.69) is 5.32 Å². The predicted molar refractivity (Wildman–Crippen MR) is 112 cm³/mol. The summed E-state index contributed by atoms with van der Waals surface area (Å²) in [6.07, 6.45) is 3.86. The molecular formula is C23H34N2O4. The molecule has 2 amide bonds. The van der Waals surface area contributed by atoms with Crippen LogP contribution in [0.3, 0.4) is 0 Å². The maximum Gasteiger partial charge on any atom is 0.229 e. The van der Waals surface area contributed by atoms with Crippen molar-refractivity contribution in [3.8, 4) is 0 Å². The number of hydrogen-bond acceptors (Lipinski definition) is 4. The van der Waals surface area contributed by atoms with Crippen molar-refractivity contribution in [1.29, 1.82) is 0 Å². The SMILES string of the molecule is COCCC1(NC(=O)C2CCOCC2)CCN(C(=O)C(C)c2ccccc2)CC1. The van der Waals surface area contributed by atoms with Crippen LogP contribution in [0.2, 0.25) is 0 Å². The number of carbonyl (C=O) groups excluding carboxylic acids is 2. The van der Waals surface area contributed by atoms with Gasteiger partial charge in [-0.2, -0.15) is 0 Å². The lowest BCUT2D eigenvalue weighted by atomic mass is 9.83. The lowest BCUT2D eigenvalue weighted by Gasteiger charge is -2.44. The molecule has 29 heavy (non-hydrogen) atoms. The van der Waals surface area contributed by atoms with Gasteiger partial charge in [0.1, 0.15) is 0 Å². The molecule has 2 aliphatic rings. The molecule has 6 heteroatoms. The third-order valence-corrected chi connectivity index (χ3v) is 6.47. The molecule has 0 radical (unpaired) electrons. The minimum Gasteiger partial charge on any atom is -0.385 e. The van der Waals surface area contributed by atoms with Crippen molar-refractivity contribution in [2.75, 3.05) is 40.0 Å². The Kier molecular flexibility index (Phi) is 7.67. The molecule has 0 aliphatic carbocycles. The molecule has 0 saturated carbocycles. The van der Waals surface area contributed by atoms with Crippen LogP contribution in [-0.4, -0.2) is 62.3 Å². The maximum atomic E-state index is 13.0. The van der Waals surface area contributed by atoms with Gasteiger partial charge in [0.25, 0.3) is 0 Å². The summed E-state index contributed by atoms with van der Waals surface area (Å²) in [4.78, 5) is 27.8. The third-order valence-electron chi connectivity index (χ3n) is 6.47. The van der Waals surface area contributed by atoms with Crippen LogP contribution in [0.1, 0.15) is 50.5 Å². The highest BCUT2D eigenvalue weighted by Gasteiger charge is 2.39. The number of likely N-dealkylation sites (tertiary alicyclic amines) is 1. The Morgan fingerprint density at radius 3 is 2.48 bits per heavy atom. The van der Waals surface area contributed by atoms with Crippen LogP contribution in [-0.2, 0) is 19.1 Å². The first kappa shape index (κ1) is 21.8. The van der Waals surface area contributed by atoms with E-state index >= 15 is 0 Å². The number of ether oxygens (including phenoxy) is 2. The van der Waals surface area contributed by atoms with Crippen molar-refractivity contribution in [1.82, 2.24) is 10.2 Å². The Morgan fingerprint density at radius 2 is 1.86 bits per heavy atom. The molecule has 160 valence electrons. The van der Waals surface area contributed by atoms with Crippen molar-refractivity contribution >= 4 is 11.8 Å². The first-order chi connectivity index (χ1) is 14.0. The second-order valence-corrected chi connectivity index (χ2v) is 8.36. The van der Waals surface area contributed by atoms with E-state index in [1.165, 1.54) is 0 Å².